The molecule has 8 heteroatoms. The van der Waals surface area contributed by atoms with E-state index in [1.54, 1.807) is 37.3 Å². The number of thioether (sulfide) groups is 1. The Kier molecular flexibility index (Phi) is 6.85. The van der Waals surface area contributed by atoms with E-state index in [-0.39, 0.29) is 12.2 Å². The second kappa shape index (κ2) is 9.80. The molecule has 1 aliphatic heterocycles. The molecule has 1 aromatic heterocycles. The van der Waals surface area contributed by atoms with Gasteiger partial charge in [0, 0.05) is 10.5 Å². The minimum absolute atomic E-state index is 0.210. The molecule has 0 amide bonds. The molecule has 0 saturated carbocycles. The van der Waals surface area contributed by atoms with Crippen LogP contribution in [0.1, 0.15) is 31.0 Å². The van der Waals surface area contributed by atoms with Gasteiger partial charge < -0.3 is 9.47 Å². The number of rotatable bonds is 6. The molecule has 2 aromatic carbocycles. The molecule has 0 N–H and O–H groups in total. The smallest absolute Gasteiger partial charge is 0.338 e. The molecule has 1 aliphatic rings. The third-order valence-electron chi connectivity index (χ3n) is 5.36. The number of allylic oxidation sites excluding steroid dienone is 1. The van der Waals surface area contributed by atoms with Crippen LogP contribution in [0.15, 0.2) is 74.5 Å². The summed E-state index contributed by atoms with van der Waals surface area (Å²) in [4.78, 5) is 32.9. The number of thiazole rings is 1. The van der Waals surface area contributed by atoms with Gasteiger partial charge in [0.15, 0.2) is 4.80 Å². The summed E-state index contributed by atoms with van der Waals surface area (Å²) in [5.74, 6) is 0.0952. The minimum atomic E-state index is -0.697. The van der Waals surface area contributed by atoms with Crippen LogP contribution in [-0.4, -0.2) is 30.5 Å². The predicted octanol–water partition coefficient (Wildman–Crippen LogP) is 3.53. The number of aromatic nitrogens is 1. The van der Waals surface area contributed by atoms with Crippen molar-refractivity contribution < 1.29 is 14.3 Å². The molecule has 33 heavy (non-hydrogen) atoms. The van der Waals surface area contributed by atoms with Crippen LogP contribution in [0, 0.1) is 0 Å². The molecule has 170 valence electrons. The van der Waals surface area contributed by atoms with Crippen LogP contribution in [0.2, 0.25) is 0 Å². The first-order valence-electron chi connectivity index (χ1n) is 10.4. The number of hydrogen-bond donors (Lipinski definition) is 0. The molecule has 4 rings (SSSR count). The highest BCUT2D eigenvalue weighted by Crippen LogP contribution is 2.35. The highest BCUT2D eigenvalue weighted by atomic mass is 32.2. The van der Waals surface area contributed by atoms with Crippen molar-refractivity contribution in [1.29, 1.82) is 0 Å². The predicted molar refractivity (Wildman–Crippen MR) is 132 cm³/mol. The Bertz CT molecular complexity index is 1400. The van der Waals surface area contributed by atoms with Crippen molar-refractivity contribution in [2.45, 2.75) is 24.8 Å². The Balaban J connectivity index is 1.95. The summed E-state index contributed by atoms with van der Waals surface area (Å²) in [6.07, 6.45) is 3.88. The molecule has 1 unspecified atom stereocenters. The Morgan fingerprint density at radius 3 is 2.61 bits per heavy atom. The van der Waals surface area contributed by atoms with Crippen molar-refractivity contribution in [3.8, 4) is 5.75 Å². The molecule has 0 saturated heterocycles. The SMILES string of the molecule is CCOC(=O)C1=C(C)N=c2sc(=Cc3ccc(SC)cc3)c(=O)n2C1c1ccccc1OC. The van der Waals surface area contributed by atoms with Gasteiger partial charge in [0.05, 0.1) is 29.5 Å². The third-order valence-corrected chi connectivity index (χ3v) is 7.09. The fraction of sp³-hybridized carbons (Fsp3) is 0.240. The summed E-state index contributed by atoms with van der Waals surface area (Å²) in [6, 6.07) is 14.7. The van der Waals surface area contributed by atoms with E-state index in [1.165, 1.54) is 11.3 Å². The van der Waals surface area contributed by atoms with Crippen molar-refractivity contribution >= 4 is 35.1 Å². The number of ether oxygens (including phenoxy) is 2. The van der Waals surface area contributed by atoms with E-state index < -0.39 is 12.0 Å². The molecule has 2 heterocycles. The van der Waals surface area contributed by atoms with E-state index in [1.807, 2.05) is 60.9 Å². The number of methoxy groups -OCH3 is 1. The van der Waals surface area contributed by atoms with Gasteiger partial charge in [-0.25, -0.2) is 9.79 Å². The number of carbonyl (C=O) groups is 1. The summed E-state index contributed by atoms with van der Waals surface area (Å²) < 4.78 is 13.0. The zero-order valence-corrected chi connectivity index (χ0v) is 20.5. The van der Waals surface area contributed by atoms with Crippen molar-refractivity contribution in [2.24, 2.45) is 4.99 Å². The fourth-order valence-electron chi connectivity index (χ4n) is 3.83. The number of benzene rings is 2. The van der Waals surface area contributed by atoms with E-state index in [0.29, 0.717) is 31.9 Å². The molecule has 0 fully saturated rings. The molecule has 0 spiro atoms. The Labute approximate surface area is 199 Å². The van der Waals surface area contributed by atoms with Crippen LogP contribution in [0.4, 0.5) is 0 Å². The maximum absolute atomic E-state index is 13.6. The lowest BCUT2D eigenvalue weighted by Crippen LogP contribution is -2.40. The number of carbonyl (C=O) groups excluding carboxylic acids is 1. The van der Waals surface area contributed by atoms with E-state index in [9.17, 15) is 9.59 Å². The average molecular weight is 481 g/mol. The molecule has 6 nitrogen and oxygen atoms in total. The van der Waals surface area contributed by atoms with Crippen molar-refractivity contribution in [3.05, 3.63) is 90.6 Å². The van der Waals surface area contributed by atoms with Gasteiger partial charge in [-0.1, -0.05) is 41.7 Å². The molecular weight excluding hydrogens is 456 g/mol. The zero-order valence-electron chi connectivity index (χ0n) is 18.8. The highest BCUT2D eigenvalue weighted by molar-refractivity contribution is 7.98. The van der Waals surface area contributed by atoms with Gasteiger partial charge in [-0.2, -0.15) is 0 Å². The number of nitrogens with zero attached hydrogens (tertiary/aromatic N) is 2. The maximum Gasteiger partial charge on any atom is 0.338 e. The summed E-state index contributed by atoms with van der Waals surface area (Å²) in [5, 5.41) is 0. The molecule has 0 aliphatic carbocycles. The summed E-state index contributed by atoms with van der Waals surface area (Å²) in [5.41, 5.74) is 2.28. The zero-order chi connectivity index (χ0) is 23.5. The van der Waals surface area contributed by atoms with Crippen LogP contribution in [0.5, 0.6) is 5.75 Å². The van der Waals surface area contributed by atoms with Crippen molar-refractivity contribution in [3.63, 3.8) is 0 Å². The van der Waals surface area contributed by atoms with Crippen LogP contribution in [0.25, 0.3) is 6.08 Å². The standard InChI is InChI=1S/C25H24N2O4S2/c1-5-31-24(29)21-15(2)26-25-27(22(21)18-8-6-7-9-19(18)30-3)23(28)20(33-25)14-16-10-12-17(32-4)13-11-16/h6-14,22H,5H2,1-4H3. The Hall–Kier alpha value is -3.10. The largest absolute Gasteiger partial charge is 0.496 e. The second-order valence-corrected chi connectivity index (χ2v) is 9.21. The maximum atomic E-state index is 13.6. The van der Waals surface area contributed by atoms with Gasteiger partial charge in [0.25, 0.3) is 5.56 Å². The second-order valence-electron chi connectivity index (χ2n) is 7.32. The van der Waals surface area contributed by atoms with Crippen molar-refractivity contribution in [2.75, 3.05) is 20.0 Å². The Morgan fingerprint density at radius 1 is 1.21 bits per heavy atom. The van der Waals surface area contributed by atoms with E-state index in [4.69, 9.17) is 9.47 Å². The Morgan fingerprint density at radius 2 is 1.94 bits per heavy atom. The van der Waals surface area contributed by atoms with Crippen LogP contribution < -0.4 is 19.6 Å². The number of fused-ring (bicyclic) bond motifs is 1. The normalized spacial score (nSPS) is 15.8. The monoisotopic (exact) mass is 480 g/mol. The quantitative estimate of drug-likeness (QED) is 0.399. The molecule has 1 atom stereocenters. The average Bonchev–Trinajstić information content (AvgIpc) is 3.13. The van der Waals surface area contributed by atoms with Crippen LogP contribution in [-0.2, 0) is 9.53 Å². The lowest BCUT2D eigenvalue weighted by molar-refractivity contribution is -0.139. The van der Waals surface area contributed by atoms with E-state index in [0.717, 1.165) is 10.5 Å². The van der Waals surface area contributed by atoms with Gasteiger partial charge in [-0.3, -0.25) is 9.36 Å². The van der Waals surface area contributed by atoms with Gasteiger partial charge in [0.1, 0.15) is 11.8 Å². The van der Waals surface area contributed by atoms with E-state index in [2.05, 4.69) is 4.99 Å². The topological polar surface area (TPSA) is 69.9 Å². The highest BCUT2D eigenvalue weighted by Gasteiger charge is 2.34. The van der Waals surface area contributed by atoms with E-state index >= 15 is 0 Å². The first-order chi connectivity index (χ1) is 16.0. The van der Waals surface area contributed by atoms with Gasteiger partial charge >= 0.3 is 5.97 Å². The fourth-order valence-corrected chi connectivity index (χ4v) is 5.28. The summed E-state index contributed by atoms with van der Waals surface area (Å²) in [6.45, 7) is 3.75. The van der Waals surface area contributed by atoms with Gasteiger partial charge in [-0.05, 0) is 49.9 Å². The van der Waals surface area contributed by atoms with Crippen LogP contribution >= 0.6 is 23.1 Å². The van der Waals surface area contributed by atoms with Gasteiger partial charge in [-0.15, -0.1) is 11.8 Å². The lowest BCUT2D eigenvalue weighted by Gasteiger charge is -2.25. The third kappa shape index (κ3) is 4.41. The molecule has 3 aromatic rings. The number of hydrogen-bond acceptors (Lipinski definition) is 7. The summed E-state index contributed by atoms with van der Waals surface area (Å²) >= 11 is 2.97. The van der Waals surface area contributed by atoms with Gasteiger partial charge in [0.2, 0.25) is 0 Å². The molecule has 0 radical (unpaired) electrons. The minimum Gasteiger partial charge on any atom is -0.496 e. The number of para-hydroxylation sites is 1. The summed E-state index contributed by atoms with van der Waals surface area (Å²) in [7, 11) is 1.57. The lowest BCUT2D eigenvalue weighted by atomic mass is 9.95. The molecule has 0 bridgehead atoms. The first-order valence-corrected chi connectivity index (χ1v) is 12.5. The van der Waals surface area contributed by atoms with Crippen molar-refractivity contribution in [1.82, 2.24) is 4.57 Å². The first kappa shape index (κ1) is 23.1. The number of esters is 1. The molecular formula is C25H24N2O4S2. The van der Waals surface area contributed by atoms with Crippen LogP contribution in [0.3, 0.4) is 0 Å².